The highest BCUT2D eigenvalue weighted by molar-refractivity contribution is 7.80. The molecule has 4 rings (SSSR count). The van der Waals surface area contributed by atoms with Crippen LogP contribution in [-0.2, 0) is 17.6 Å². The molecule has 0 saturated heterocycles. The number of primary amides is 1. The standard InChI is InChI=1S/C24H22ClN3O3S2/c1-13-2-9-17-19(12-13)33-23(21(17)22(26)30)28-24(32)27-20(29)11-8-16-7-10-18(31-16)14-3-5-15(25)6-4-14/h3-8,10-11,13H,2,9,12H2,1H3,(H2,26,30)(H2,27,28,29,32). The van der Waals surface area contributed by atoms with E-state index in [0.717, 1.165) is 35.3 Å². The molecule has 0 fully saturated rings. The smallest absolute Gasteiger partial charge is 0.251 e. The number of hydrogen-bond donors (Lipinski definition) is 3. The Morgan fingerprint density at radius 2 is 2.00 bits per heavy atom. The molecular formula is C24H22ClN3O3S2. The molecule has 1 unspecified atom stereocenters. The molecule has 1 atom stereocenters. The number of carbonyl (C=O) groups excluding carboxylic acids is 2. The number of nitrogens with two attached hydrogens (primary N) is 1. The highest BCUT2D eigenvalue weighted by Gasteiger charge is 2.26. The molecule has 0 radical (unpaired) electrons. The van der Waals surface area contributed by atoms with Gasteiger partial charge in [0.15, 0.2) is 5.11 Å². The Balaban J connectivity index is 1.39. The van der Waals surface area contributed by atoms with Crippen LogP contribution in [0.15, 0.2) is 46.9 Å². The van der Waals surface area contributed by atoms with Crippen molar-refractivity contribution in [3.63, 3.8) is 0 Å². The zero-order valence-electron chi connectivity index (χ0n) is 17.8. The number of benzene rings is 1. The van der Waals surface area contributed by atoms with Crippen molar-refractivity contribution in [2.24, 2.45) is 11.7 Å². The van der Waals surface area contributed by atoms with Gasteiger partial charge >= 0.3 is 0 Å². The number of thiophene rings is 1. The lowest BCUT2D eigenvalue weighted by Crippen LogP contribution is -2.33. The number of carbonyl (C=O) groups is 2. The van der Waals surface area contributed by atoms with Gasteiger partial charge in [0.2, 0.25) is 5.91 Å². The number of amides is 2. The van der Waals surface area contributed by atoms with Crippen LogP contribution >= 0.6 is 35.2 Å². The quantitative estimate of drug-likeness (QED) is 0.322. The molecular weight excluding hydrogens is 478 g/mol. The van der Waals surface area contributed by atoms with E-state index in [2.05, 4.69) is 17.6 Å². The van der Waals surface area contributed by atoms with Gasteiger partial charge in [-0.1, -0.05) is 18.5 Å². The Labute approximate surface area is 205 Å². The minimum atomic E-state index is -0.493. The molecule has 0 aliphatic heterocycles. The van der Waals surface area contributed by atoms with Crippen molar-refractivity contribution in [1.82, 2.24) is 5.32 Å². The van der Waals surface area contributed by atoms with Crippen LogP contribution in [0.4, 0.5) is 5.00 Å². The van der Waals surface area contributed by atoms with E-state index >= 15 is 0 Å². The summed E-state index contributed by atoms with van der Waals surface area (Å²) in [4.78, 5) is 25.5. The molecule has 1 aromatic carbocycles. The second-order valence-electron chi connectivity index (χ2n) is 7.91. The van der Waals surface area contributed by atoms with Gasteiger partial charge in [0, 0.05) is 21.5 Å². The van der Waals surface area contributed by atoms with Crippen LogP contribution < -0.4 is 16.4 Å². The lowest BCUT2D eigenvalue weighted by atomic mass is 9.88. The minimum absolute atomic E-state index is 0.0973. The SMILES string of the molecule is CC1CCc2c(sc(NC(=S)NC(=O)C=Cc3ccc(-c4ccc(Cl)cc4)o3)c2C(N)=O)C1. The molecule has 2 amide bonds. The van der Waals surface area contributed by atoms with Gasteiger partial charge in [-0.05, 0) is 85.4 Å². The predicted octanol–water partition coefficient (Wildman–Crippen LogP) is 5.41. The van der Waals surface area contributed by atoms with E-state index in [9.17, 15) is 9.59 Å². The number of rotatable bonds is 5. The van der Waals surface area contributed by atoms with Crippen LogP contribution in [0.3, 0.4) is 0 Å². The second-order valence-corrected chi connectivity index (χ2v) is 9.86. The van der Waals surface area contributed by atoms with Crippen molar-refractivity contribution in [3.05, 3.63) is 69.3 Å². The molecule has 1 aliphatic rings. The van der Waals surface area contributed by atoms with Crippen molar-refractivity contribution < 1.29 is 14.0 Å². The van der Waals surface area contributed by atoms with Gasteiger partial charge in [0.05, 0.1) is 5.56 Å². The van der Waals surface area contributed by atoms with E-state index in [1.54, 1.807) is 24.3 Å². The van der Waals surface area contributed by atoms with Gasteiger partial charge in [0.1, 0.15) is 16.5 Å². The highest BCUT2D eigenvalue weighted by atomic mass is 35.5. The topological polar surface area (TPSA) is 97.4 Å². The van der Waals surface area contributed by atoms with Crippen LogP contribution in [0.1, 0.15) is 39.9 Å². The number of thiocarbonyl (C=S) groups is 1. The fourth-order valence-corrected chi connectivity index (χ4v) is 5.57. The lowest BCUT2D eigenvalue weighted by Gasteiger charge is -2.18. The number of halogens is 1. The number of fused-ring (bicyclic) bond motifs is 1. The predicted molar refractivity (Wildman–Crippen MR) is 137 cm³/mol. The molecule has 170 valence electrons. The van der Waals surface area contributed by atoms with Crippen molar-refractivity contribution in [2.75, 3.05) is 5.32 Å². The Morgan fingerprint density at radius 3 is 2.73 bits per heavy atom. The third kappa shape index (κ3) is 5.52. The molecule has 9 heteroatoms. The minimum Gasteiger partial charge on any atom is -0.457 e. The van der Waals surface area contributed by atoms with Crippen LogP contribution in [-0.4, -0.2) is 16.9 Å². The third-order valence-electron chi connectivity index (χ3n) is 5.38. The second kappa shape index (κ2) is 9.91. The Morgan fingerprint density at radius 1 is 1.24 bits per heavy atom. The molecule has 4 N–H and O–H groups in total. The van der Waals surface area contributed by atoms with Gasteiger partial charge in [-0.3, -0.25) is 14.9 Å². The van der Waals surface area contributed by atoms with Crippen LogP contribution in [0.25, 0.3) is 17.4 Å². The zero-order chi connectivity index (χ0) is 23.5. The van der Waals surface area contributed by atoms with Gasteiger partial charge in [-0.2, -0.15) is 0 Å². The molecule has 0 spiro atoms. The van der Waals surface area contributed by atoms with Crippen molar-refractivity contribution >= 4 is 63.2 Å². The van der Waals surface area contributed by atoms with E-state index in [-0.39, 0.29) is 5.11 Å². The zero-order valence-corrected chi connectivity index (χ0v) is 20.2. The van der Waals surface area contributed by atoms with Gasteiger partial charge in [0.25, 0.3) is 5.91 Å². The molecule has 3 aromatic rings. The largest absolute Gasteiger partial charge is 0.457 e. The summed E-state index contributed by atoms with van der Waals surface area (Å²) in [6, 6.07) is 10.9. The Hall–Kier alpha value is -2.94. The van der Waals surface area contributed by atoms with Crippen LogP contribution in [0, 0.1) is 5.92 Å². The summed E-state index contributed by atoms with van der Waals surface area (Å²) in [5.74, 6) is 0.827. The Bertz CT molecular complexity index is 1240. The number of nitrogens with one attached hydrogen (secondary N) is 2. The maximum atomic E-state index is 12.3. The molecule has 0 saturated carbocycles. The molecule has 2 aromatic heterocycles. The third-order valence-corrected chi connectivity index (χ3v) is 7.00. The van der Waals surface area contributed by atoms with E-state index < -0.39 is 11.8 Å². The first-order valence-electron chi connectivity index (χ1n) is 10.4. The molecule has 33 heavy (non-hydrogen) atoms. The molecule has 1 aliphatic carbocycles. The summed E-state index contributed by atoms with van der Waals surface area (Å²) in [7, 11) is 0. The summed E-state index contributed by atoms with van der Waals surface area (Å²) in [5, 5.41) is 6.88. The molecule has 0 bridgehead atoms. The first-order valence-corrected chi connectivity index (χ1v) is 12.0. The number of anilines is 1. The average Bonchev–Trinajstić information content (AvgIpc) is 3.36. The summed E-state index contributed by atoms with van der Waals surface area (Å²) < 4.78 is 5.75. The highest BCUT2D eigenvalue weighted by Crippen LogP contribution is 2.39. The van der Waals surface area contributed by atoms with Crippen molar-refractivity contribution in [1.29, 1.82) is 0 Å². The summed E-state index contributed by atoms with van der Waals surface area (Å²) >= 11 is 12.7. The maximum absolute atomic E-state index is 12.3. The lowest BCUT2D eigenvalue weighted by molar-refractivity contribution is -0.115. The number of hydrogen-bond acceptors (Lipinski definition) is 5. The van der Waals surface area contributed by atoms with E-state index in [4.69, 9.17) is 34.0 Å². The van der Waals surface area contributed by atoms with E-state index in [0.29, 0.717) is 33.0 Å². The van der Waals surface area contributed by atoms with Gasteiger partial charge in [-0.25, -0.2) is 0 Å². The summed E-state index contributed by atoms with van der Waals surface area (Å²) in [6.07, 6.45) is 5.62. The van der Waals surface area contributed by atoms with Gasteiger partial charge < -0.3 is 15.5 Å². The first kappa shape index (κ1) is 23.2. The monoisotopic (exact) mass is 499 g/mol. The maximum Gasteiger partial charge on any atom is 0.251 e. The summed E-state index contributed by atoms with van der Waals surface area (Å²) in [6.45, 7) is 2.19. The molecule has 6 nitrogen and oxygen atoms in total. The Kier molecular flexibility index (Phi) is 6.97. The van der Waals surface area contributed by atoms with E-state index in [1.165, 1.54) is 17.4 Å². The normalized spacial score (nSPS) is 15.3. The average molecular weight is 500 g/mol. The van der Waals surface area contributed by atoms with Crippen molar-refractivity contribution in [3.8, 4) is 11.3 Å². The fraction of sp³-hybridized carbons (Fsp3) is 0.208. The number of furan rings is 1. The fourth-order valence-electron chi connectivity index (χ4n) is 3.76. The summed E-state index contributed by atoms with van der Waals surface area (Å²) in [5.41, 5.74) is 7.98. The van der Waals surface area contributed by atoms with Crippen LogP contribution in [0.2, 0.25) is 5.02 Å². The van der Waals surface area contributed by atoms with Gasteiger partial charge in [-0.15, -0.1) is 11.3 Å². The van der Waals surface area contributed by atoms with E-state index in [1.807, 2.05) is 18.2 Å². The first-order chi connectivity index (χ1) is 15.8. The molecule has 2 heterocycles. The van der Waals surface area contributed by atoms with Crippen LogP contribution in [0.5, 0.6) is 0 Å². The van der Waals surface area contributed by atoms with Crippen molar-refractivity contribution in [2.45, 2.75) is 26.2 Å².